The summed E-state index contributed by atoms with van der Waals surface area (Å²) in [4.78, 5) is 0. The van der Waals surface area contributed by atoms with Crippen molar-refractivity contribution < 1.29 is 0 Å². The zero-order valence-electron chi connectivity index (χ0n) is 10.2. The van der Waals surface area contributed by atoms with Gasteiger partial charge in [0.2, 0.25) is 0 Å². The van der Waals surface area contributed by atoms with Gasteiger partial charge in [-0.3, -0.25) is 0 Å². The molecule has 2 rings (SSSR count). The largest absolute Gasteiger partial charge is 0.345 e. The highest BCUT2D eigenvalue weighted by Gasteiger charge is 2.09. The third kappa shape index (κ3) is 2.47. The summed E-state index contributed by atoms with van der Waals surface area (Å²) < 4.78 is 0.932. The lowest BCUT2D eigenvalue weighted by molar-refractivity contribution is 1.38. The summed E-state index contributed by atoms with van der Waals surface area (Å²) in [7, 11) is 0. The van der Waals surface area contributed by atoms with Crippen molar-refractivity contribution in [2.75, 3.05) is 5.32 Å². The van der Waals surface area contributed by atoms with Crippen LogP contribution in [0.5, 0.6) is 0 Å². The highest BCUT2D eigenvalue weighted by atomic mass is 79.9. The summed E-state index contributed by atoms with van der Waals surface area (Å²) in [6, 6.07) is 16.5. The number of benzene rings is 2. The molecule has 5 heteroatoms. The maximum atomic E-state index is 9.06. The van der Waals surface area contributed by atoms with E-state index in [2.05, 4.69) is 21.2 Å². The Hall–Kier alpha value is -2.81. The fourth-order valence-electron chi connectivity index (χ4n) is 1.79. The zero-order chi connectivity index (χ0) is 14.5. The number of anilines is 1. The minimum Gasteiger partial charge on any atom is -0.345 e. The SMILES string of the molecule is N#CC(C#N)=C(C#N)Nc1ccc(Br)c2ccccc12. The van der Waals surface area contributed by atoms with Crippen LogP contribution in [0.15, 0.2) is 52.1 Å². The Morgan fingerprint density at radius 1 is 0.900 bits per heavy atom. The first-order chi connectivity index (χ1) is 9.71. The Kier molecular flexibility index (Phi) is 4.01. The number of fused-ring (bicyclic) bond motifs is 1. The van der Waals surface area contributed by atoms with Crippen molar-refractivity contribution in [1.29, 1.82) is 15.8 Å². The van der Waals surface area contributed by atoms with Crippen LogP contribution >= 0.6 is 15.9 Å². The third-order valence-corrected chi connectivity index (χ3v) is 3.41. The predicted molar refractivity (Wildman–Crippen MR) is 79.1 cm³/mol. The number of nitriles is 3. The van der Waals surface area contributed by atoms with Crippen molar-refractivity contribution in [2.45, 2.75) is 0 Å². The summed E-state index contributed by atoms with van der Waals surface area (Å²) in [5, 5.41) is 31.5. The molecule has 4 nitrogen and oxygen atoms in total. The van der Waals surface area contributed by atoms with Gasteiger partial charge in [0.25, 0.3) is 0 Å². The van der Waals surface area contributed by atoms with Crippen molar-refractivity contribution in [3.05, 3.63) is 52.1 Å². The molecule has 0 aliphatic carbocycles. The van der Waals surface area contributed by atoms with Crippen LogP contribution in [0.4, 0.5) is 5.69 Å². The Bertz CT molecular complexity index is 816. The lowest BCUT2D eigenvalue weighted by Crippen LogP contribution is -2.01. The molecule has 0 unspecified atom stereocenters. The lowest BCUT2D eigenvalue weighted by atomic mass is 10.1. The van der Waals surface area contributed by atoms with Crippen molar-refractivity contribution in [2.24, 2.45) is 0 Å². The van der Waals surface area contributed by atoms with Gasteiger partial charge in [-0.15, -0.1) is 0 Å². The molecule has 0 heterocycles. The van der Waals surface area contributed by atoms with Crippen LogP contribution in [0.3, 0.4) is 0 Å². The second kappa shape index (κ2) is 5.89. The fraction of sp³-hybridized carbons (Fsp3) is 0. The molecule has 2 aromatic carbocycles. The molecule has 0 bridgehead atoms. The molecule has 0 spiro atoms. The highest BCUT2D eigenvalue weighted by Crippen LogP contribution is 2.30. The number of nitrogens with one attached hydrogen (secondary N) is 1. The van der Waals surface area contributed by atoms with Crippen LogP contribution in [-0.2, 0) is 0 Å². The van der Waals surface area contributed by atoms with E-state index in [0.717, 1.165) is 15.2 Å². The van der Waals surface area contributed by atoms with E-state index in [1.165, 1.54) is 0 Å². The van der Waals surface area contributed by atoms with Gasteiger partial charge in [-0.25, -0.2) is 0 Å². The van der Waals surface area contributed by atoms with E-state index in [0.29, 0.717) is 5.69 Å². The lowest BCUT2D eigenvalue weighted by Gasteiger charge is -2.09. The molecule has 0 saturated carbocycles. The number of halogens is 1. The maximum absolute atomic E-state index is 9.06. The Labute approximate surface area is 124 Å². The molecule has 94 valence electrons. The molecule has 0 amide bonds. The highest BCUT2D eigenvalue weighted by molar-refractivity contribution is 9.10. The van der Waals surface area contributed by atoms with Crippen LogP contribution in [0, 0.1) is 34.0 Å². The third-order valence-electron chi connectivity index (χ3n) is 2.72. The van der Waals surface area contributed by atoms with Gasteiger partial charge in [0.05, 0.1) is 0 Å². The first-order valence-electron chi connectivity index (χ1n) is 5.60. The van der Waals surface area contributed by atoms with E-state index in [1.807, 2.05) is 36.4 Å². The minimum atomic E-state index is -0.237. The van der Waals surface area contributed by atoms with Crippen molar-refractivity contribution in [3.63, 3.8) is 0 Å². The van der Waals surface area contributed by atoms with Crippen LogP contribution < -0.4 is 5.32 Å². The Morgan fingerprint density at radius 3 is 2.15 bits per heavy atom. The second-order valence-electron chi connectivity index (χ2n) is 3.85. The number of rotatable bonds is 2. The molecule has 0 aromatic heterocycles. The average molecular weight is 323 g/mol. The number of allylic oxidation sites excluding steroid dienone is 2. The van der Waals surface area contributed by atoms with E-state index in [9.17, 15) is 0 Å². The summed E-state index contributed by atoms with van der Waals surface area (Å²) in [6.45, 7) is 0. The Balaban J connectivity index is 2.60. The molecule has 0 fully saturated rings. The fourth-order valence-corrected chi connectivity index (χ4v) is 2.27. The normalized spacial score (nSPS) is 9.10. The standard InChI is InChI=1S/C15H7BrN4/c16-13-5-6-14(12-4-2-1-3-11(12)13)20-15(9-19)10(7-17)8-18/h1-6,20H. The smallest absolute Gasteiger partial charge is 0.163 e. The number of nitrogens with zero attached hydrogens (tertiary/aromatic N) is 3. The van der Waals surface area contributed by atoms with Gasteiger partial charge >= 0.3 is 0 Å². The number of hydrogen-bond acceptors (Lipinski definition) is 4. The molecule has 20 heavy (non-hydrogen) atoms. The molecule has 0 aliphatic heterocycles. The summed E-state index contributed by atoms with van der Waals surface area (Å²) >= 11 is 3.46. The topological polar surface area (TPSA) is 83.4 Å². The number of hydrogen-bond donors (Lipinski definition) is 1. The van der Waals surface area contributed by atoms with E-state index >= 15 is 0 Å². The predicted octanol–water partition coefficient (Wildman–Crippen LogP) is 3.84. The van der Waals surface area contributed by atoms with Crippen molar-refractivity contribution in [1.82, 2.24) is 0 Å². The first-order valence-corrected chi connectivity index (χ1v) is 6.39. The molecule has 0 radical (unpaired) electrons. The van der Waals surface area contributed by atoms with Gasteiger partial charge < -0.3 is 5.32 Å². The van der Waals surface area contributed by atoms with Crippen LogP contribution in [0.2, 0.25) is 0 Å². The summed E-state index contributed by atoms with van der Waals surface area (Å²) in [5.41, 5.74) is 0.380. The maximum Gasteiger partial charge on any atom is 0.163 e. The average Bonchev–Trinajstić information content (AvgIpc) is 2.50. The molecular formula is C15H7BrN4. The molecule has 2 aromatic rings. The van der Waals surface area contributed by atoms with Crippen molar-refractivity contribution >= 4 is 32.4 Å². The summed E-state index contributed by atoms with van der Waals surface area (Å²) in [5.74, 6) is 0. The van der Waals surface area contributed by atoms with Gasteiger partial charge in [0, 0.05) is 15.5 Å². The van der Waals surface area contributed by atoms with E-state index < -0.39 is 0 Å². The van der Waals surface area contributed by atoms with Gasteiger partial charge in [0.15, 0.2) is 5.57 Å². The van der Waals surface area contributed by atoms with Gasteiger partial charge in [-0.1, -0.05) is 40.2 Å². The van der Waals surface area contributed by atoms with Crippen LogP contribution in [-0.4, -0.2) is 0 Å². The quantitative estimate of drug-likeness (QED) is 0.851. The second-order valence-corrected chi connectivity index (χ2v) is 4.71. The zero-order valence-corrected chi connectivity index (χ0v) is 11.8. The van der Waals surface area contributed by atoms with E-state index in [4.69, 9.17) is 15.8 Å². The van der Waals surface area contributed by atoms with Gasteiger partial charge in [0.1, 0.15) is 23.9 Å². The first kappa shape index (κ1) is 13.6. The molecular weight excluding hydrogens is 316 g/mol. The van der Waals surface area contributed by atoms with E-state index in [1.54, 1.807) is 18.2 Å². The summed E-state index contributed by atoms with van der Waals surface area (Å²) in [6.07, 6.45) is 0. The Morgan fingerprint density at radius 2 is 1.55 bits per heavy atom. The van der Waals surface area contributed by atoms with Crippen LogP contribution in [0.25, 0.3) is 10.8 Å². The molecule has 0 saturated heterocycles. The van der Waals surface area contributed by atoms with Crippen LogP contribution in [0.1, 0.15) is 0 Å². The molecule has 0 atom stereocenters. The monoisotopic (exact) mass is 322 g/mol. The van der Waals surface area contributed by atoms with Crippen molar-refractivity contribution in [3.8, 4) is 18.2 Å². The van der Waals surface area contributed by atoms with Gasteiger partial charge in [-0.05, 0) is 17.5 Å². The van der Waals surface area contributed by atoms with Gasteiger partial charge in [-0.2, -0.15) is 15.8 Å². The molecule has 1 N–H and O–H groups in total. The molecule has 0 aliphatic rings. The van der Waals surface area contributed by atoms with E-state index in [-0.39, 0.29) is 11.3 Å². The minimum absolute atomic E-state index is 0.0533.